The number of hydrogen-bond donors (Lipinski definition) is 2. The first kappa shape index (κ1) is 21.5. The third-order valence-electron chi connectivity index (χ3n) is 4.41. The molecule has 0 aromatic heterocycles. The van der Waals surface area contributed by atoms with Gasteiger partial charge in [-0.25, -0.2) is 0 Å². The summed E-state index contributed by atoms with van der Waals surface area (Å²) in [5, 5.41) is 6.57. The van der Waals surface area contributed by atoms with E-state index in [-0.39, 0.29) is 0 Å². The number of aliphatic imine (C=N–C) groups is 1. The van der Waals surface area contributed by atoms with Gasteiger partial charge in [-0.2, -0.15) is 0 Å². The van der Waals surface area contributed by atoms with E-state index in [1.165, 1.54) is 5.56 Å². The lowest BCUT2D eigenvalue weighted by atomic mass is 10.0. The van der Waals surface area contributed by atoms with Crippen LogP contribution in [0.15, 0.2) is 29.3 Å². The van der Waals surface area contributed by atoms with Crippen molar-refractivity contribution in [3.05, 3.63) is 29.8 Å². The third kappa shape index (κ3) is 9.63. The van der Waals surface area contributed by atoms with E-state index in [9.17, 15) is 0 Å². The molecule has 0 atom stereocenters. The SMILES string of the molecule is CCNC(=NCCCOCC1CCOCC1)NCCOc1cccc(C)c1. The van der Waals surface area contributed by atoms with Gasteiger partial charge in [0.25, 0.3) is 0 Å². The molecule has 1 heterocycles. The van der Waals surface area contributed by atoms with E-state index in [1.807, 2.05) is 18.2 Å². The highest BCUT2D eigenvalue weighted by atomic mass is 16.5. The Kier molecular flexibility index (Phi) is 10.7. The Labute approximate surface area is 163 Å². The lowest BCUT2D eigenvalue weighted by Crippen LogP contribution is -2.39. The van der Waals surface area contributed by atoms with Crippen LogP contribution in [0.5, 0.6) is 5.75 Å². The van der Waals surface area contributed by atoms with E-state index in [0.717, 1.165) is 70.5 Å². The topological polar surface area (TPSA) is 64.1 Å². The largest absolute Gasteiger partial charge is 0.492 e. The van der Waals surface area contributed by atoms with Crippen LogP contribution < -0.4 is 15.4 Å². The molecule has 0 amide bonds. The molecule has 6 heteroatoms. The average Bonchev–Trinajstić information content (AvgIpc) is 2.68. The maximum absolute atomic E-state index is 5.79. The van der Waals surface area contributed by atoms with Crippen molar-refractivity contribution >= 4 is 5.96 Å². The molecule has 2 rings (SSSR count). The highest BCUT2D eigenvalue weighted by Crippen LogP contribution is 2.14. The number of guanidine groups is 1. The molecule has 1 saturated heterocycles. The van der Waals surface area contributed by atoms with E-state index >= 15 is 0 Å². The van der Waals surface area contributed by atoms with Gasteiger partial charge in [0.15, 0.2) is 5.96 Å². The molecule has 0 unspecified atom stereocenters. The van der Waals surface area contributed by atoms with Crippen molar-refractivity contribution in [1.29, 1.82) is 0 Å². The van der Waals surface area contributed by atoms with E-state index in [0.29, 0.717) is 19.1 Å². The minimum absolute atomic E-state index is 0.599. The zero-order valence-electron chi connectivity index (χ0n) is 16.8. The van der Waals surface area contributed by atoms with Crippen LogP contribution in [-0.2, 0) is 9.47 Å². The molecule has 0 saturated carbocycles. The minimum atomic E-state index is 0.599. The summed E-state index contributed by atoms with van der Waals surface area (Å²) in [6.07, 6.45) is 3.17. The molecule has 0 spiro atoms. The van der Waals surface area contributed by atoms with E-state index < -0.39 is 0 Å². The predicted molar refractivity (Wildman–Crippen MR) is 110 cm³/mol. The summed E-state index contributed by atoms with van der Waals surface area (Å²) in [6.45, 7) is 10.4. The average molecular weight is 378 g/mol. The van der Waals surface area contributed by atoms with Gasteiger partial charge in [0.05, 0.1) is 6.54 Å². The molecule has 2 N–H and O–H groups in total. The summed E-state index contributed by atoms with van der Waals surface area (Å²) in [6, 6.07) is 8.09. The Hall–Kier alpha value is -1.79. The van der Waals surface area contributed by atoms with Crippen molar-refractivity contribution in [3.63, 3.8) is 0 Å². The first-order valence-corrected chi connectivity index (χ1v) is 10.1. The third-order valence-corrected chi connectivity index (χ3v) is 4.41. The Morgan fingerprint density at radius 2 is 2.07 bits per heavy atom. The summed E-state index contributed by atoms with van der Waals surface area (Å²) >= 11 is 0. The van der Waals surface area contributed by atoms with Gasteiger partial charge in [-0.15, -0.1) is 0 Å². The van der Waals surface area contributed by atoms with Crippen molar-refractivity contribution in [1.82, 2.24) is 10.6 Å². The Morgan fingerprint density at radius 1 is 1.22 bits per heavy atom. The van der Waals surface area contributed by atoms with Gasteiger partial charge in [0, 0.05) is 39.5 Å². The molecule has 152 valence electrons. The van der Waals surface area contributed by atoms with Gasteiger partial charge >= 0.3 is 0 Å². The quantitative estimate of drug-likeness (QED) is 0.353. The Balaban J connectivity index is 1.56. The number of ether oxygens (including phenoxy) is 3. The van der Waals surface area contributed by atoms with Crippen molar-refractivity contribution in [3.8, 4) is 5.75 Å². The Morgan fingerprint density at radius 3 is 2.85 bits per heavy atom. The number of rotatable bonds is 11. The summed E-state index contributed by atoms with van der Waals surface area (Å²) in [5.74, 6) is 2.39. The number of nitrogens with zero attached hydrogens (tertiary/aromatic N) is 1. The van der Waals surface area contributed by atoms with Crippen LogP contribution in [0.3, 0.4) is 0 Å². The zero-order valence-corrected chi connectivity index (χ0v) is 16.8. The molecule has 0 bridgehead atoms. The molecular weight excluding hydrogens is 342 g/mol. The predicted octanol–water partition coefficient (Wildman–Crippen LogP) is 2.76. The van der Waals surface area contributed by atoms with Crippen LogP contribution in [0.25, 0.3) is 0 Å². The zero-order chi connectivity index (χ0) is 19.2. The van der Waals surface area contributed by atoms with Crippen molar-refractivity contribution in [2.24, 2.45) is 10.9 Å². The van der Waals surface area contributed by atoms with Gasteiger partial charge in [-0.1, -0.05) is 12.1 Å². The first-order valence-electron chi connectivity index (χ1n) is 10.1. The molecule has 1 aliphatic rings. The molecule has 6 nitrogen and oxygen atoms in total. The summed E-state index contributed by atoms with van der Waals surface area (Å²) < 4.78 is 16.9. The molecule has 1 aromatic rings. The highest BCUT2D eigenvalue weighted by Gasteiger charge is 2.13. The molecular formula is C21H35N3O3. The van der Waals surface area contributed by atoms with Crippen molar-refractivity contribution < 1.29 is 14.2 Å². The fourth-order valence-corrected chi connectivity index (χ4v) is 2.91. The highest BCUT2D eigenvalue weighted by molar-refractivity contribution is 5.79. The number of aryl methyl sites for hydroxylation is 1. The number of benzene rings is 1. The van der Waals surface area contributed by atoms with E-state index in [1.54, 1.807) is 0 Å². The molecule has 1 aliphatic heterocycles. The van der Waals surface area contributed by atoms with Crippen LogP contribution in [-0.4, -0.2) is 58.6 Å². The smallest absolute Gasteiger partial charge is 0.191 e. The molecule has 0 radical (unpaired) electrons. The van der Waals surface area contributed by atoms with Gasteiger partial charge in [-0.05, 0) is 56.7 Å². The fourth-order valence-electron chi connectivity index (χ4n) is 2.91. The lowest BCUT2D eigenvalue weighted by Gasteiger charge is -2.21. The van der Waals surface area contributed by atoms with Crippen molar-refractivity contribution in [2.75, 3.05) is 52.7 Å². The lowest BCUT2D eigenvalue weighted by molar-refractivity contribution is 0.0205. The summed E-state index contributed by atoms with van der Waals surface area (Å²) in [4.78, 5) is 4.60. The number of hydrogen-bond acceptors (Lipinski definition) is 4. The van der Waals surface area contributed by atoms with Gasteiger partial charge < -0.3 is 24.8 Å². The van der Waals surface area contributed by atoms with E-state index in [2.05, 4.69) is 35.5 Å². The summed E-state index contributed by atoms with van der Waals surface area (Å²) in [5.41, 5.74) is 1.20. The van der Waals surface area contributed by atoms with E-state index in [4.69, 9.17) is 14.2 Å². The molecule has 1 fully saturated rings. The molecule has 1 aromatic carbocycles. The second kappa shape index (κ2) is 13.4. The second-order valence-corrected chi connectivity index (χ2v) is 6.84. The van der Waals surface area contributed by atoms with Crippen LogP contribution in [0.1, 0.15) is 31.7 Å². The standard InChI is InChI=1S/C21H35N3O3/c1-3-22-21(24-11-15-27-20-7-4-6-18(2)16-20)23-10-5-12-26-17-19-8-13-25-14-9-19/h4,6-7,16,19H,3,5,8-15,17H2,1-2H3,(H2,22,23,24). The maximum atomic E-state index is 5.79. The van der Waals surface area contributed by atoms with Crippen LogP contribution in [0, 0.1) is 12.8 Å². The summed E-state index contributed by atoms with van der Waals surface area (Å²) in [7, 11) is 0. The minimum Gasteiger partial charge on any atom is -0.492 e. The monoisotopic (exact) mass is 377 g/mol. The van der Waals surface area contributed by atoms with Crippen LogP contribution >= 0.6 is 0 Å². The van der Waals surface area contributed by atoms with Crippen LogP contribution in [0.2, 0.25) is 0 Å². The number of nitrogens with one attached hydrogen (secondary N) is 2. The fraction of sp³-hybridized carbons (Fsp3) is 0.667. The van der Waals surface area contributed by atoms with Gasteiger partial charge in [0.1, 0.15) is 12.4 Å². The first-order chi connectivity index (χ1) is 13.3. The van der Waals surface area contributed by atoms with Gasteiger partial charge in [-0.3, -0.25) is 4.99 Å². The molecule has 27 heavy (non-hydrogen) atoms. The second-order valence-electron chi connectivity index (χ2n) is 6.84. The Bertz CT molecular complexity index is 545. The van der Waals surface area contributed by atoms with Crippen molar-refractivity contribution in [2.45, 2.75) is 33.1 Å². The maximum Gasteiger partial charge on any atom is 0.191 e. The van der Waals surface area contributed by atoms with Gasteiger partial charge in [0.2, 0.25) is 0 Å². The van der Waals surface area contributed by atoms with Crippen LogP contribution in [0.4, 0.5) is 0 Å². The normalized spacial score (nSPS) is 15.6. The molecule has 0 aliphatic carbocycles.